The molecule has 40 heavy (non-hydrogen) atoms. The molecular formula is C25H40Cl3NO9SSi. The van der Waals surface area contributed by atoms with E-state index in [1.165, 1.54) is 12.0 Å². The van der Waals surface area contributed by atoms with Crippen LogP contribution in [0.5, 0.6) is 5.75 Å². The van der Waals surface area contributed by atoms with Gasteiger partial charge in [0.15, 0.2) is 0 Å². The van der Waals surface area contributed by atoms with E-state index >= 15 is 0 Å². The molecule has 1 amide bonds. The summed E-state index contributed by atoms with van der Waals surface area (Å²) in [6.45, 7) is 4.71. The number of unbranched alkanes of at least 4 members (excludes halogenated alkanes) is 2. The molecule has 0 saturated carbocycles. The van der Waals surface area contributed by atoms with Crippen molar-refractivity contribution in [1.29, 1.82) is 0 Å². The third-order valence-corrected chi connectivity index (χ3v) is 8.60. The summed E-state index contributed by atoms with van der Waals surface area (Å²) in [6.07, 6.45) is 1.83. The zero-order valence-electron chi connectivity index (χ0n) is 22.6. The molecule has 0 bridgehead atoms. The average molecular weight is 665 g/mol. The largest absolute Gasteiger partial charge is 0.446 e. The van der Waals surface area contributed by atoms with Crippen molar-refractivity contribution in [3.8, 4) is 5.75 Å². The van der Waals surface area contributed by atoms with Gasteiger partial charge in [-0.1, -0.05) is 12.8 Å². The number of amides is 1. The van der Waals surface area contributed by atoms with Crippen LogP contribution in [-0.4, -0.2) is 103 Å². The summed E-state index contributed by atoms with van der Waals surface area (Å²) in [5.41, 5.74) is 0.580. The Balaban J connectivity index is 1.64. The molecule has 230 valence electrons. The van der Waals surface area contributed by atoms with Crippen LogP contribution in [0.15, 0.2) is 24.3 Å². The first-order valence-corrected chi connectivity index (χ1v) is 19.5. The maximum Gasteiger partial charge on any atom is 0.411 e. The molecule has 1 fully saturated rings. The first-order chi connectivity index (χ1) is 19.4. The number of hydrogen-bond donors (Lipinski definition) is 1. The molecule has 0 radical (unpaired) electrons. The molecule has 1 aromatic carbocycles. The highest BCUT2D eigenvalue weighted by atomic mass is 35.8. The summed E-state index contributed by atoms with van der Waals surface area (Å²) in [4.78, 5) is 12.3. The van der Waals surface area contributed by atoms with Crippen LogP contribution in [0, 0.1) is 0 Å². The highest BCUT2D eigenvalue weighted by molar-refractivity contribution is 7.95. The third-order valence-electron chi connectivity index (χ3n) is 5.22. The normalized spacial score (nSPS) is 19.2. The van der Waals surface area contributed by atoms with E-state index in [2.05, 4.69) is 5.32 Å². The van der Waals surface area contributed by atoms with Gasteiger partial charge in [-0.15, -0.1) is 33.2 Å². The lowest BCUT2D eigenvalue weighted by molar-refractivity contribution is -0.0746. The number of rotatable bonds is 11. The topological polar surface area (TPSA) is 103 Å². The van der Waals surface area contributed by atoms with Gasteiger partial charge in [0, 0.05) is 11.4 Å². The number of ether oxygens (including phenoxy) is 7. The van der Waals surface area contributed by atoms with Gasteiger partial charge in [-0.2, -0.15) is 0 Å². The quantitative estimate of drug-likeness (QED) is 0.140. The number of carbonyl (C=O) groups excluding carboxylic acids is 1. The Labute approximate surface area is 256 Å². The van der Waals surface area contributed by atoms with Gasteiger partial charge in [-0.3, -0.25) is 5.32 Å². The number of hydrogen-bond acceptors (Lipinski definition) is 10. The molecule has 15 heteroatoms. The summed E-state index contributed by atoms with van der Waals surface area (Å²) in [5.74, 6) is 1.52. The van der Waals surface area contributed by atoms with Crippen LogP contribution in [0.25, 0.3) is 0 Å². The minimum atomic E-state index is -2.52. The fraction of sp³-hybridized carbons (Fsp3) is 0.720. The minimum Gasteiger partial charge on any atom is -0.446 e. The molecule has 0 aromatic heterocycles. The highest BCUT2D eigenvalue weighted by Crippen LogP contribution is 2.28. The Kier molecular flexibility index (Phi) is 20.5. The molecule has 1 heterocycles. The van der Waals surface area contributed by atoms with Gasteiger partial charge in [0.2, 0.25) is 0 Å². The molecule has 1 saturated heterocycles. The van der Waals surface area contributed by atoms with Crippen molar-refractivity contribution in [3.63, 3.8) is 0 Å². The van der Waals surface area contributed by atoms with Crippen LogP contribution >= 0.6 is 45.3 Å². The number of carbonyl (C=O) groups is 1. The molecule has 0 aliphatic carbocycles. The van der Waals surface area contributed by atoms with E-state index in [1.807, 2.05) is 0 Å². The first kappa shape index (κ1) is 35.7. The summed E-state index contributed by atoms with van der Waals surface area (Å²) >= 11 is 19.0. The fourth-order valence-electron chi connectivity index (χ4n) is 3.20. The van der Waals surface area contributed by atoms with Gasteiger partial charge in [-0.25, -0.2) is 4.79 Å². The number of anilines is 1. The maximum absolute atomic E-state index is 12.3. The van der Waals surface area contributed by atoms with Gasteiger partial charge < -0.3 is 37.3 Å². The second kappa shape index (κ2) is 23.0. The summed E-state index contributed by atoms with van der Waals surface area (Å²) < 4.78 is 44.3. The zero-order chi connectivity index (χ0) is 28.7. The predicted molar refractivity (Wildman–Crippen MR) is 160 cm³/mol. The van der Waals surface area contributed by atoms with Crippen molar-refractivity contribution < 1.29 is 42.1 Å². The smallest absolute Gasteiger partial charge is 0.411 e. The van der Waals surface area contributed by atoms with Gasteiger partial charge >= 0.3 is 12.1 Å². The molecule has 1 aromatic rings. The van der Waals surface area contributed by atoms with Crippen molar-refractivity contribution in [2.75, 3.05) is 90.4 Å². The van der Waals surface area contributed by atoms with Crippen molar-refractivity contribution in [2.45, 2.75) is 31.4 Å². The minimum absolute atomic E-state index is 0.0192. The van der Waals surface area contributed by atoms with Crippen LogP contribution in [0.4, 0.5) is 10.5 Å². The van der Waals surface area contributed by atoms with Crippen LogP contribution in [-0.2, 0) is 33.2 Å². The molecule has 10 nitrogen and oxygen atoms in total. The van der Waals surface area contributed by atoms with E-state index in [-0.39, 0.29) is 13.2 Å². The molecule has 1 aliphatic heterocycles. The fourth-order valence-corrected chi connectivity index (χ4v) is 5.71. The van der Waals surface area contributed by atoms with Gasteiger partial charge in [0.1, 0.15) is 18.5 Å². The van der Waals surface area contributed by atoms with Crippen molar-refractivity contribution >= 4 is 63.1 Å². The number of halogens is 3. The van der Waals surface area contributed by atoms with E-state index < -0.39 is 18.2 Å². The Morgan fingerprint density at radius 3 is 2.00 bits per heavy atom. The predicted octanol–water partition coefficient (Wildman–Crippen LogP) is 5.57. The molecular weight excluding hydrogens is 625 g/mol. The second-order valence-electron chi connectivity index (χ2n) is 8.60. The summed E-state index contributed by atoms with van der Waals surface area (Å²) in [6, 6.07) is 5.20. The van der Waals surface area contributed by atoms with Crippen LogP contribution < -0.4 is 9.50 Å². The highest BCUT2D eigenvalue weighted by Gasteiger charge is 2.23. The molecule has 1 N–H and O–H groups in total. The SMILES string of the molecule is O=C(Nc1ccc(OSCCCCC[Si](Cl)(Cl)Cl)cc1)OCC1COCCOCCOCCOCCOCCO1. The van der Waals surface area contributed by atoms with Gasteiger partial charge in [0.25, 0.3) is 0 Å². The molecule has 2 rings (SSSR count). The first-order valence-electron chi connectivity index (χ1n) is 13.3. The van der Waals surface area contributed by atoms with Crippen molar-refractivity contribution in [1.82, 2.24) is 0 Å². The Morgan fingerprint density at radius 2 is 1.40 bits per heavy atom. The van der Waals surface area contributed by atoms with Crippen LogP contribution in [0.2, 0.25) is 6.04 Å². The maximum atomic E-state index is 12.3. The summed E-state index contributed by atoms with van der Waals surface area (Å²) in [7, 11) is 0. The lowest BCUT2D eigenvalue weighted by Crippen LogP contribution is -2.30. The standard InChI is InChI=1S/C25H40Cl3NO9SSi/c26-40(27,28)19-3-1-2-18-39-38-23-6-4-22(5-7-23)29-25(30)37-21-24-20-35-15-14-33-11-10-31-8-9-32-12-13-34-16-17-36-24/h4-7,24H,1-3,8-21H2,(H,29,30). The van der Waals surface area contributed by atoms with Gasteiger partial charge in [-0.05, 0) is 36.7 Å². The lowest BCUT2D eigenvalue weighted by Gasteiger charge is -2.19. The Bertz CT molecular complexity index is 763. The van der Waals surface area contributed by atoms with Crippen molar-refractivity contribution in [3.05, 3.63) is 24.3 Å². The van der Waals surface area contributed by atoms with E-state index in [4.69, 9.17) is 70.6 Å². The van der Waals surface area contributed by atoms with E-state index in [1.54, 1.807) is 24.3 Å². The van der Waals surface area contributed by atoms with Gasteiger partial charge in [0.05, 0.1) is 84.7 Å². The van der Waals surface area contributed by atoms with Crippen LogP contribution in [0.1, 0.15) is 19.3 Å². The zero-order valence-corrected chi connectivity index (χ0v) is 26.7. The Hall–Kier alpha value is -0.513. The third kappa shape index (κ3) is 20.4. The summed E-state index contributed by atoms with van der Waals surface area (Å²) in [5, 5.41) is 2.70. The monoisotopic (exact) mass is 663 g/mol. The van der Waals surface area contributed by atoms with E-state index in [9.17, 15) is 4.79 Å². The number of nitrogens with one attached hydrogen (secondary N) is 1. The molecule has 1 unspecified atom stereocenters. The molecule has 0 spiro atoms. The number of benzene rings is 1. The van der Waals surface area contributed by atoms with Crippen LogP contribution in [0.3, 0.4) is 0 Å². The Morgan fingerprint density at radius 1 is 0.825 bits per heavy atom. The lowest BCUT2D eigenvalue weighted by atomic mass is 10.3. The second-order valence-corrected chi connectivity index (χ2v) is 18.7. The average Bonchev–Trinajstić information content (AvgIpc) is 2.92. The van der Waals surface area contributed by atoms with E-state index in [0.29, 0.717) is 83.5 Å². The van der Waals surface area contributed by atoms with Crippen molar-refractivity contribution in [2.24, 2.45) is 0 Å². The molecule has 1 aliphatic rings. The molecule has 1 atom stereocenters. The van der Waals surface area contributed by atoms with E-state index in [0.717, 1.165) is 25.0 Å².